The summed E-state index contributed by atoms with van der Waals surface area (Å²) in [7, 11) is 0. The number of para-hydroxylation sites is 1. The van der Waals surface area contributed by atoms with Crippen LogP contribution in [0, 0.1) is 11.3 Å². The fraction of sp³-hybridized carbons (Fsp3) is 0.409. The molecule has 0 unspecified atom stereocenters. The predicted octanol–water partition coefficient (Wildman–Crippen LogP) is 3.88. The van der Waals surface area contributed by atoms with Gasteiger partial charge in [-0.25, -0.2) is 0 Å². The summed E-state index contributed by atoms with van der Waals surface area (Å²) in [6, 6.07) is 16.7. The molecule has 1 saturated heterocycles. The molecule has 4 nitrogen and oxygen atoms in total. The lowest BCUT2D eigenvalue weighted by Gasteiger charge is -2.38. The van der Waals surface area contributed by atoms with Gasteiger partial charge in [0.25, 0.3) is 0 Å². The molecule has 4 heteroatoms. The van der Waals surface area contributed by atoms with Gasteiger partial charge < -0.3 is 9.47 Å². The van der Waals surface area contributed by atoms with Gasteiger partial charge in [0.05, 0.1) is 18.8 Å². The van der Waals surface area contributed by atoms with E-state index >= 15 is 0 Å². The maximum Gasteiger partial charge on any atom is 0.137 e. The first-order valence-corrected chi connectivity index (χ1v) is 9.34. The molecule has 134 valence electrons. The van der Waals surface area contributed by atoms with Crippen LogP contribution in [0.4, 0.5) is 0 Å². The first kappa shape index (κ1) is 16.9. The molecule has 0 N–H and O–H groups in total. The normalized spacial score (nSPS) is 18.2. The van der Waals surface area contributed by atoms with Gasteiger partial charge in [0.15, 0.2) is 0 Å². The molecule has 0 bridgehead atoms. The van der Waals surface area contributed by atoms with Gasteiger partial charge in [-0.1, -0.05) is 24.3 Å². The first-order chi connectivity index (χ1) is 12.7. The minimum absolute atomic E-state index is 0.184. The molecule has 0 radical (unpaired) electrons. The van der Waals surface area contributed by atoms with Gasteiger partial charge in [0.2, 0.25) is 0 Å². The van der Waals surface area contributed by atoms with E-state index in [9.17, 15) is 5.26 Å². The van der Waals surface area contributed by atoms with Gasteiger partial charge in [0, 0.05) is 17.5 Å². The molecular formula is C22H24N2O2. The molecule has 0 aliphatic carbocycles. The Morgan fingerprint density at radius 1 is 1.19 bits per heavy atom. The topological polar surface area (TPSA) is 45.5 Å². The fourth-order valence-electron chi connectivity index (χ4n) is 4.18. The zero-order chi connectivity index (χ0) is 18.0. The number of nitrogens with zero attached hydrogens (tertiary/aromatic N) is 2. The Hall–Kier alpha value is -2.51. The van der Waals surface area contributed by atoms with Gasteiger partial charge in [-0.2, -0.15) is 5.26 Å². The molecule has 0 atom stereocenters. The number of hydrogen-bond acceptors (Lipinski definition) is 4. The van der Waals surface area contributed by atoms with Crippen molar-refractivity contribution >= 4 is 0 Å². The van der Waals surface area contributed by atoms with E-state index < -0.39 is 0 Å². The minimum Gasteiger partial charge on any atom is -0.492 e. The lowest BCUT2D eigenvalue weighted by molar-refractivity contribution is 0.130. The van der Waals surface area contributed by atoms with Crippen LogP contribution in [-0.4, -0.2) is 31.2 Å². The highest BCUT2D eigenvalue weighted by Gasteiger charge is 2.42. The van der Waals surface area contributed by atoms with Crippen LogP contribution in [0.5, 0.6) is 11.5 Å². The van der Waals surface area contributed by atoms with E-state index in [1.807, 2.05) is 25.1 Å². The van der Waals surface area contributed by atoms with Crippen LogP contribution < -0.4 is 9.47 Å². The molecular weight excluding hydrogens is 324 g/mol. The van der Waals surface area contributed by atoms with Crippen LogP contribution in [-0.2, 0) is 12.0 Å². The number of nitriles is 1. The van der Waals surface area contributed by atoms with Crippen molar-refractivity contribution in [3.8, 4) is 17.6 Å². The molecule has 2 aromatic rings. The highest BCUT2D eigenvalue weighted by molar-refractivity contribution is 5.46. The van der Waals surface area contributed by atoms with E-state index in [1.165, 1.54) is 11.1 Å². The Morgan fingerprint density at radius 3 is 2.77 bits per heavy atom. The number of ether oxygens (including phenoxy) is 2. The molecule has 0 amide bonds. The van der Waals surface area contributed by atoms with Gasteiger partial charge in [-0.15, -0.1) is 0 Å². The molecule has 2 aliphatic heterocycles. The summed E-state index contributed by atoms with van der Waals surface area (Å²) < 4.78 is 11.5. The smallest absolute Gasteiger partial charge is 0.137 e. The summed E-state index contributed by atoms with van der Waals surface area (Å²) >= 11 is 0. The van der Waals surface area contributed by atoms with Crippen molar-refractivity contribution in [2.45, 2.75) is 31.7 Å². The van der Waals surface area contributed by atoms with E-state index in [2.05, 4.69) is 35.2 Å². The van der Waals surface area contributed by atoms with Gasteiger partial charge in [0.1, 0.15) is 17.6 Å². The third kappa shape index (κ3) is 3.04. The number of fused-ring (bicyclic) bond motifs is 2. The van der Waals surface area contributed by atoms with Gasteiger partial charge >= 0.3 is 0 Å². The lowest BCUT2D eigenvalue weighted by atomic mass is 9.74. The highest BCUT2D eigenvalue weighted by atomic mass is 16.5. The largest absolute Gasteiger partial charge is 0.492 e. The molecule has 2 aliphatic rings. The third-order valence-electron chi connectivity index (χ3n) is 5.65. The van der Waals surface area contributed by atoms with Gasteiger partial charge in [-0.3, -0.25) is 4.90 Å². The van der Waals surface area contributed by atoms with Crippen LogP contribution in [0.3, 0.4) is 0 Å². The molecule has 2 heterocycles. The summed E-state index contributed by atoms with van der Waals surface area (Å²) in [6.45, 7) is 6.29. The molecule has 0 saturated carbocycles. The Morgan fingerprint density at radius 2 is 2.00 bits per heavy atom. The Labute approximate surface area is 155 Å². The predicted molar refractivity (Wildman–Crippen MR) is 100 cm³/mol. The van der Waals surface area contributed by atoms with Gasteiger partial charge in [-0.05, 0) is 56.6 Å². The summed E-state index contributed by atoms with van der Waals surface area (Å²) in [6.07, 6.45) is 2.23. The lowest BCUT2D eigenvalue weighted by Crippen LogP contribution is -2.43. The third-order valence-corrected chi connectivity index (χ3v) is 5.65. The monoisotopic (exact) mass is 348 g/mol. The molecule has 0 aromatic heterocycles. The zero-order valence-corrected chi connectivity index (χ0v) is 15.2. The molecule has 2 aromatic carbocycles. The van der Waals surface area contributed by atoms with Crippen molar-refractivity contribution in [1.29, 1.82) is 5.26 Å². The second-order valence-electron chi connectivity index (χ2n) is 7.22. The second-order valence-corrected chi connectivity index (χ2v) is 7.22. The summed E-state index contributed by atoms with van der Waals surface area (Å²) in [5.41, 5.74) is 3.36. The van der Waals surface area contributed by atoms with Crippen molar-refractivity contribution in [3.05, 3.63) is 59.2 Å². The molecule has 4 rings (SSSR count). The van der Waals surface area contributed by atoms with Crippen molar-refractivity contribution in [2.24, 2.45) is 0 Å². The molecule has 1 spiro atoms. The van der Waals surface area contributed by atoms with Crippen LogP contribution >= 0.6 is 0 Å². The average Bonchev–Trinajstić information content (AvgIpc) is 3.04. The standard InChI is InChI=1S/C22H24N2O2/c1-2-25-20-8-7-17(13-18(20)14-23)15-24-11-9-22(10-12-24)16-26-21-6-4-3-5-19(21)22/h3-8,13H,2,9-12,15-16H2,1H3. The quantitative estimate of drug-likeness (QED) is 0.841. The Bertz CT molecular complexity index is 832. The number of likely N-dealkylation sites (tertiary alicyclic amines) is 1. The van der Waals surface area contributed by atoms with Crippen molar-refractivity contribution in [1.82, 2.24) is 4.90 Å². The minimum atomic E-state index is 0.184. The van der Waals surface area contributed by atoms with Crippen LogP contribution in [0.1, 0.15) is 36.5 Å². The Kier molecular flexibility index (Phi) is 4.57. The number of piperidine rings is 1. The van der Waals surface area contributed by atoms with E-state index in [0.29, 0.717) is 17.9 Å². The fourth-order valence-corrected chi connectivity index (χ4v) is 4.18. The first-order valence-electron chi connectivity index (χ1n) is 9.34. The van der Waals surface area contributed by atoms with Crippen LogP contribution in [0.15, 0.2) is 42.5 Å². The number of hydrogen-bond donors (Lipinski definition) is 0. The van der Waals surface area contributed by atoms with E-state index in [1.54, 1.807) is 0 Å². The average molecular weight is 348 g/mol. The zero-order valence-electron chi connectivity index (χ0n) is 15.2. The van der Waals surface area contributed by atoms with E-state index in [-0.39, 0.29) is 5.41 Å². The maximum absolute atomic E-state index is 9.35. The van der Waals surface area contributed by atoms with Crippen molar-refractivity contribution in [3.63, 3.8) is 0 Å². The number of rotatable bonds is 4. The van der Waals surface area contributed by atoms with Crippen molar-refractivity contribution < 1.29 is 9.47 Å². The van der Waals surface area contributed by atoms with E-state index in [4.69, 9.17) is 9.47 Å². The second kappa shape index (κ2) is 7.01. The maximum atomic E-state index is 9.35. The summed E-state index contributed by atoms with van der Waals surface area (Å²) in [4.78, 5) is 2.48. The van der Waals surface area contributed by atoms with Crippen LogP contribution in [0.25, 0.3) is 0 Å². The SMILES string of the molecule is CCOc1ccc(CN2CCC3(CC2)COc2ccccc23)cc1C#N. The summed E-state index contributed by atoms with van der Waals surface area (Å²) in [5, 5.41) is 9.35. The Balaban J connectivity index is 1.43. The molecule has 26 heavy (non-hydrogen) atoms. The number of benzene rings is 2. The molecule has 1 fully saturated rings. The highest BCUT2D eigenvalue weighted by Crippen LogP contribution is 2.45. The van der Waals surface area contributed by atoms with Crippen molar-refractivity contribution in [2.75, 3.05) is 26.3 Å². The summed E-state index contributed by atoms with van der Waals surface area (Å²) in [5.74, 6) is 1.74. The van der Waals surface area contributed by atoms with Crippen LogP contribution in [0.2, 0.25) is 0 Å². The van der Waals surface area contributed by atoms with E-state index in [0.717, 1.165) is 44.8 Å².